The Labute approximate surface area is 191 Å². The summed E-state index contributed by atoms with van der Waals surface area (Å²) in [6.45, 7) is 3.75. The molecule has 5 unspecified atom stereocenters. The highest BCUT2D eigenvalue weighted by Crippen LogP contribution is 2.20. The third-order valence-electron chi connectivity index (χ3n) is 5.68. The van der Waals surface area contributed by atoms with E-state index in [0.29, 0.717) is 12.8 Å². The number of amides is 4. The van der Waals surface area contributed by atoms with Gasteiger partial charge in [-0.15, -0.1) is 0 Å². The van der Waals surface area contributed by atoms with Crippen LogP contribution in [0.2, 0.25) is 0 Å². The number of likely N-dealkylation sites (tertiary alicyclic amines) is 1. The molecule has 4 amide bonds. The minimum atomic E-state index is -1.44. The zero-order valence-corrected chi connectivity index (χ0v) is 18.8. The fourth-order valence-corrected chi connectivity index (χ4v) is 3.48. The maximum absolute atomic E-state index is 13.1. The number of carbonyl (C=O) groups excluding carboxylic acids is 4. The SMILES string of the molecule is CCC(C)C(N)C(=O)NC(CC(N)=O)C(=O)N1CCCC1C(=O)NC(CCC(=O)O)C(=O)O. The van der Waals surface area contributed by atoms with Crippen molar-refractivity contribution >= 4 is 35.6 Å². The number of nitrogens with one attached hydrogen (secondary N) is 2. The van der Waals surface area contributed by atoms with Gasteiger partial charge < -0.3 is 37.2 Å². The molecule has 1 rings (SSSR count). The summed E-state index contributed by atoms with van der Waals surface area (Å²) in [5, 5.41) is 22.7. The molecule has 13 nitrogen and oxygen atoms in total. The van der Waals surface area contributed by atoms with Crippen molar-refractivity contribution in [3.05, 3.63) is 0 Å². The number of carboxylic acid groups (broad SMARTS) is 2. The van der Waals surface area contributed by atoms with Gasteiger partial charge in [-0.25, -0.2) is 4.79 Å². The van der Waals surface area contributed by atoms with Crippen LogP contribution in [0.15, 0.2) is 0 Å². The Kier molecular flexibility index (Phi) is 10.7. The molecule has 13 heteroatoms. The summed E-state index contributed by atoms with van der Waals surface area (Å²) in [5.41, 5.74) is 11.1. The van der Waals surface area contributed by atoms with Crippen molar-refractivity contribution in [1.29, 1.82) is 0 Å². The molecule has 1 saturated heterocycles. The van der Waals surface area contributed by atoms with E-state index in [9.17, 15) is 33.9 Å². The molecular formula is C20H33N5O8. The molecule has 5 atom stereocenters. The van der Waals surface area contributed by atoms with Crippen LogP contribution in [-0.4, -0.2) is 81.4 Å². The second kappa shape index (κ2) is 12.7. The van der Waals surface area contributed by atoms with Crippen LogP contribution < -0.4 is 22.1 Å². The molecule has 0 saturated carbocycles. The Bertz CT molecular complexity index is 774. The number of primary amides is 1. The van der Waals surface area contributed by atoms with E-state index in [1.807, 2.05) is 6.92 Å². The first-order valence-electron chi connectivity index (χ1n) is 10.8. The molecule has 1 fully saturated rings. The first-order chi connectivity index (χ1) is 15.4. The second-order valence-corrected chi connectivity index (χ2v) is 8.16. The molecule has 0 bridgehead atoms. The first kappa shape index (κ1) is 27.8. The van der Waals surface area contributed by atoms with E-state index in [0.717, 1.165) is 4.90 Å². The fourth-order valence-electron chi connectivity index (χ4n) is 3.48. The van der Waals surface area contributed by atoms with E-state index in [2.05, 4.69) is 10.6 Å². The number of carbonyl (C=O) groups is 6. The number of carboxylic acids is 2. The van der Waals surface area contributed by atoms with Gasteiger partial charge in [-0.1, -0.05) is 20.3 Å². The summed E-state index contributed by atoms with van der Waals surface area (Å²) in [6, 6.07) is -4.73. The van der Waals surface area contributed by atoms with Crippen LogP contribution in [0, 0.1) is 5.92 Å². The third kappa shape index (κ3) is 8.33. The van der Waals surface area contributed by atoms with Gasteiger partial charge in [0.25, 0.3) is 0 Å². The largest absolute Gasteiger partial charge is 0.481 e. The van der Waals surface area contributed by atoms with E-state index in [1.165, 1.54) is 0 Å². The van der Waals surface area contributed by atoms with E-state index < -0.39 is 72.6 Å². The lowest BCUT2D eigenvalue weighted by molar-refractivity contribution is -0.146. The highest BCUT2D eigenvalue weighted by atomic mass is 16.4. The van der Waals surface area contributed by atoms with Gasteiger partial charge in [-0.05, 0) is 25.2 Å². The van der Waals surface area contributed by atoms with Gasteiger partial charge >= 0.3 is 11.9 Å². The molecule has 0 aromatic heterocycles. The quantitative estimate of drug-likeness (QED) is 0.177. The summed E-state index contributed by atoms with van der Waals surface area (Å²) in [7, 11) is 0. The van der Waals surface area contributed by atoms with Crippen molar-refractivity contribution in [2.24, 2.45) is 17.4 Å². The summed E-state index contributed by atoms with van der Waals surface area (Å²) in [6.07, 6.45) is -0.0194. The maximum Gasteiger partial charge on any atom is 0.326 e. The van der Waals surface area contributed by atoms with Crippen LogP contribution in [0.25, 0.3) is 0 Å². The highest BCUT2D eigenvalue weighted by Gasteiger charge is 2.39. The van der Waals surface area contributed by atoms with Crippen molar-refractivity contribution in [3.8, 4) is 0 Å². The Morgan fingerprint density at radius 3 is 2.24 bits per heavy atom. The standard InChI is InChI=1S/C20H33N5O8/c1-3-10(2)16(22)18(30)24-12(9-14(21)26)19(31)25-8-4-5-13(25)17(29)23-11(20(32)33)6-7-15(27)28/h10-13,16H,3-9,22H2,1-2H3,(H2,21,26)(H,23,29)(H,24,30)(H,27,28)(H,32,33). The average molecular weight is 472 g/mol. The van der Waals surface area contributed by atoms with Crippen LogP contribution in [-0.2, 0) is 28.8 Å². The Morgan fingerprint density at radius 2 is 1.73 bits per heavy atom. The van der Waals surface area contributed by atoms with E-state index in [4.69, 9.17) is 16.6 Å². The number of hydrogen-bond donors (Lipinski definition) is 6. The lowest BCUT2D eigenvalue weighted by Crippen LogP contribution is -2.58. The van der Waals surface area contributed by atoms with Gasteiger partial charge in [0.15, 0.2) is 0 Å². The zero-order chi connectivity index (χ0) is 25.3. The monoisotopic (exact) mass is 471 g/mol. The molecule has 0 aliphatic carbocycles. The van der Waals surface area contributed by atoms with Crippen LogP contribution in [0.4, 0.5) is 0 Å². The zero-order valence-electron chi connectivity index (χ0n) is 18.8. The maximum atomic E-state index is 13.1. The Balaban J connectivity index is 2.97. The van der Waals surface area contributed by atoms with Crippen LogP contribution in [0.5, 0.6) is 0 Å². The molecule has 0 aromatic carbocycles. The van der Waals surface area contributed by atoms with Crippen LogP contribution in [0.1, 0.15) is 52.4 Å². The average Bonchev–Trinajstić information content (AvgIpc) is 3.23. The van der Waals surface area contributed by atoms with E-state index in [1.54, 1.807) is 6.92 Å². The smallest absolute Gasteiger partial charge is 0.326 e. The van der Waals surface area contributed by atoms with Crippen LogP contribution >= 0.6 is 0 Å². The summed E-state index contributed by atoms with van der Waals surface area (Å²) < 4.78 is 0. The van der Waals surface area contributed by atoms with Crippen molar-refractivity contribution < 1.29 is 39.0 Å². The summed E-state index contributed by atoms with van der Waals surface area (Å²) in [4.78, 5) is 73.1. The number of aliphatic carboxylic acids is 2. The summed E-state index contributed by atoms with van der Waals surface area (Å²) >= 11 is 0. The Morgan fingerprint density at radius 1 is 1.09 bits per heavy atom. The molecular weight excluding hydrogens is 438 g/mol. The topological polar surface area (TPSA) is 222 Å². The minimum Gasteiger partial charge on any atom is -0.481 e. The lowest BCUT2D eigenvalue weighted by Gasteiger charge is -2.30. The third-order valence-corrected chi connectivity index (χ3v) is 5.68. The van der Waals surface area contributed by atoms with Crippen LogP contribution in [0.3, 0.4) is 0 Å². The van der Waals surface area contributed by atoms with Crippen molar-refractivity contribution in [2.75, 3.05) is 6.54 Å². The normalized spacial score (nSPS) is 19.1. The molecule has 0 aromatic rings. The number of hydrogen-bond acceptors (Lipinski definition) is 7. The van der Waals surface area contributed by atoms with Crippen molar-refractivity contribution in [2.45, 2.75) is 76.5 Å². The second-order valence-electron chi connectivity index (χ2n) is 8.16. The van der Waals surface area contributed by atoms with Gasteiger partial charge in [-0.3, -0.25) is 24.0 Å². The lowest BCUT2D eigenvalue weighted by atomic mass is 9.98. The van der Waals surface area contributed by atoms with E-state index in [-0.39, 0.29) is 25.3 Å². The molecule has 1 aliphatic rings. The predicted octanol–water partition coefficient (Wildman–Crippen LogP) is -1.85. The Hall–Kier alpha value is -3.22. The molecule has 1 aliphatic heterocycles. The minimum absolute atomic E-state index is 0.145. The molecule has 33 heavy (non-hydrogen) atoms. The molecule has 0 spiro atoms. The summed E-state index contributed by atoms with van der Waals surface area (Å²) in [5.74, 6) is -5.76. The van der Waals surface area contributed by atoms with Gasteiger partial charge in [0, 0.05) is 13.0 Å². The van der Waals surface area contributed by atoms with Gasteiger partial charge in [0.05, 0.1) is 12.5 Å². The highest BCUT2D eigenvalue weighted by molar-refractivity contribution is 5.96. The van der Waals surface area contributed by atoms with Crippen molar-refractivity contribution in [1.82, 2.24) is 15.5 Å². The molecule has 1 heterocycles. The van der Waals surface area contributed by atoms with Gasteiger partial charge in [0.2, 0.25) is 23.6 Å². The fraction of sp³-hybridized carbons (Fsp3) is 0.700. The van der Waals surface area contributed by atoms with Crippen molar-refractivity contribution in [3.63, 3.8) is 0 Å². The number of nitrogens with two attached hydrogens (primary N) is 2. The van der Waals surface area contributed by atoms with Gasteiger partial charge in [0.1, 0.15) is 18.1 Å². The molecule has 186 valence electrons. The first-order valence-corrected chi connectivity index (χ1v) is 10.8. The molecule has 0 radical (unpaired) electrons. The molecule has 8 N–H and O–H groups in total. The van der Waals surface area contributed by atoms with E-state index >= 15 is 0 Å². The number of rotatable bonds is 13. The number of nitrogens with zero attached hydrogens (tertiary/aromatic N) is 1. The van der Waals surface area contributed by atoms with Gasteiger partial charge in [-0.2, -0.15) is 0 Å². The predicted molar refractivity (Wildman–Crippen MR) is 114 cm³/mol.